The lowest BCUT2D eigenvalue weighted by Gasteiger charge is -2.37. The van der Waals surface area contributed by atoms with E-state index >= 15 is 0 Å². The molecule has 0 unspecified atom stereocenters. The fourth-order valence-corrected chi connectivity index (χ4v) is 2.00. The normalized spacial score (nSPS) is 19.9. The van der Waals surface area contributed by atoms with Crippen molar-refractivity contribution in [2.24, 2.45) is 0 Å². The molecule has 0 bridgehead atoms. The van der Waals surface area contributed by atoms with Crippen LogP contribution in [0.5, 0.6) is 0 Å². The summed E-state index contributed by atoms with van der Waals surface area (Å²) in [7, 11) is 0. The van der Waals surface area contributed by atoms with E-state index in [1.54, 1.807) is 0 Å². The smallest absolute Gasteiger partial charge is 0.0613 e. The molecule has 2 N–H and O–H groups in total. The lowest BCUT2D eigenvalue weighted by atomic mass is 9.91. The summed E-state index contributed by atoms with van der Waals surface area (Å²) in [5, 5.41) is 13.0. The molecular formula is C11H23NO2. The van der Waals surface area contributed by atoms with E-state index in [9.17, 15) is 5.11 Å². The van der Waals surface area contributed by atoms with Gasteiger partial charge in [0.15, 0.2) is 0 Å². The minimum Gasteiger partial charge on any atom is -0.394 e. The maximum Gasteiger partial charge on any atom is 0.0613 e. The van der Waals surface area contributed by atoms with Crippen molar-refractivity contribution >= 4 is 0 Å². The molecule has 1 saturated heterocycles. The second kappa shape index (κ2) is 5.69. The van der Waals surface area contributed by atoms with Gasteiger partial charge in [-0.2, -0.15) is 0 Å². The molecule has 0 aromatic rings. The van der Waals surface area contributed by atoms with Crippen molar-refractivity contribution in [3.05, 3.63) is 0 Å². The number of ether oxygens (including phenoxy) is 1. The predicted octanol–water partition coefficient (Wildman–Crippen LogP) is 1.31. The molecule has 0 aromatic heterocycles. The summed E-state index contributed by atoms with van der Waals surface area (Å²) in [6.45, 7) is 6.20. The monoisotopic (exact) mass is 201 g/mol. The summed E-state index contributed by atoms with van der Waals surface area (Å²) in [5.74, 6) is 0. The average molecular weight is 201 g/mol. The Morgan fingerprint density at radius 2 is 1.86 bits per heavy atom. The quantitative estimate of drug-likeness (QED) is 0.704. The molecule has 0 amide bonds. The van der Waals surface area contributed by atoms with Gasteiger partial charge in [0.1, 0.15) is 0 Å². The lowest BCUT2D eigenvalue weighted by Crippen LogP contribution is -2.53. The molecule has 1 aliphatic heterocycles. The van der Waals surface area contributed by atoms with Crippen molar-refractivity contribution in [1.29, 1.82) is 0 Å². The number of aliphatic hydroxyl groups excluding tert-OH is 1. The van der Waals surface area contributed by atoms with Crippen LogP contribution in [0.2, 0.25) is 0 Å². The van der Waals surface area contributed by atoms with Gasteiger partial charge in [-0.15, -0.1) is 0 Å². The van der Waals surface area contributed by atoms with Crippen molar-refractivity contribution in [2.45, 2.75) is 51.1 Å². The van der Waals surface area contributed by atoms with E-state index in [1.165, 1.54) is 0 Å². The molecule has 84 valence electrons. The molecule has 1 aliphatic rings. The van der Waals surface area contributed by atoms with Crippen LogP contribution in [0.3, 0.4) is 0 Å². The van der Waals surface area contributed by atoms with Gasteiger partial charge in [-0.25, -0.2) is 0 Å². The zero-order chi connectivity index (χ0) is 10.4. The fourth-order valence-electron chi connectivity index (χ4n) is 2.00. The first-order chi connectivity index (χ1) is 6.76. The second-order valence-corrected chi connectivity index (χ2v) is 4.18. The van der Waals surface area contributed by atoms with Gasteiger partial charge in [-0.05, 0) is 25.7 Å². The summed E-state index contributed by atoms with van der Waals surface area (Å²) in [6, 6.07) is 0.524. The minimum absolute atomic E-state index is 0.0675. The zero-order valence-corrected chi connectivity index (χ0v) is 9.38. The van der Waals surface area contributed by atoms with Gasteiger partial charge < -0.3 is 15.2 Å². The highest BCUT2D eigenvalue weighted by molar-refractivity contribution is 4.88. The third-order valence-electron chi connectivity index (χ3n) is 3.39. The summed E-state index contributed by atoms with van der Waals surface area (Å²) in [4.78, 5) is 0. The van der Waals surface area contributed by atoms with E-state index in [0.29, 0.717) is 6.04 Å². The van der Waals surface area contributed by atoms with Crippen molar-refractivity contribution < 1.29 is 9.84 Å². The first kappa shape index (κ1) is 12.0. The molecule has 3 nitrogen and oxygen atoms in total. The number of hydrogen-bond acceptors (Lipinski definition) is 3. The Labute approximate surface area is 86.8 Å². The van der Waals surface area contributed by atoms with Gasteiger partial charge in [-0.3, -0.25) is 0 Å². The van der Waals surface area contributed by atoms with Crippen LogP contribution >= 0.6 is 0 Å². The number of hydrogen-bond donors (Lipinski definition) is 2. The zero-order valence-electron chi connectivity index (χ0n) is 9.38. The molecule has 0 aromatic carbocycles. The summed E-state index contributed by atoms with van der Waals surface area (Å²) in [6.07, 6.45) is 4.11. The fraction of sp³-hybridized carbons (Fsp3) is 1.00. The molecule has 1 heterocycles. The van der Waals surface area contributed by atoms with Crippen LogP contribution in [0.4, 0.5) is 0 Å². The van der Waals surface area contributed by atoms with Crippen LogP contribution in [-0.2, 0) is 4.74 Å². The third kappa shape index (κ3) is 2.94. The van der Waals surface area contributed by atoms with Crippen LogP contribution in [-0.4, -0.2) is 36.5 Å². The van der Waals surface area contributed by atoms with Gasteiger partial charge in [0.25, 0.3) is 0 Å². The topological polar surface area (TPSA) is 41.5 Å². The van der Waals surface area contributed by atoms with E-state index in [-0.39, 0.29) is 12.1 Å². The highest BCUT2D eigenvalue weighted by Gasteiger charge is 2.28. The molecule has 14 heavy (non-hydrogen) atoms. The molecule has 1 rings (SSSR count). The van der Waals surface area contributed by atoms with Crippen LogP contribution < -0.4 is 5.32 Å². The molecule has 0 radical (unpaired) electrons. The predicted molar refractivity (Wildman–Crippen MR) is 57.4 cm³/mol. The number of nitrogens with one attached hydrogen (secondary N) is 1. The highest BCUT2D eigenvalue weighted by atomic mass is 16.5. The van der Waals surface area contributed by atoms with Gasteiger partial charge in [0.05, 0.1) is 6.61 Å². The maximum absolute atomic E-state index is 9.41. The second-order valence-electron chi connectivity index (χ2n) is 4.18. The minimum atomic E-state index is -0.0675. The Kier molecular flexibility index (Phi) is 4.85. The van der Waals surface area contributed by atoms with Crippen LogP contribution in [0.1, 0.15) is 39.5 Å². The van der Waals surface area contributed by atoms with Crippen molar-refractivity contribution in [3.63, 3.8) is 0 Å². The summed E-state index contributed by atoms with van der Waals surface area (Å²) in [5.41, 5.74) is -0.0675. The Hall–Kier alpha value is -0.120. The van der Waals surface area contributed by atoms with E-state index in [1.807, 2.05) is 0 Å². The molecule has 0 spiro atoms. The van der Waals surface area contributed by atoms with Crippen LogP contribution in [0.25, 0.3) is 0 Å². The Morgan fingerprint density at radius 3 is 2.29 bits per heavy atom. The molecule has 0 saturated carbocycles. The third-order valence-corrected chi connectivity index (χ3v) is 3.39. The Balaban J connectivity index is 2.44. The number of rotatable bonds is 5. The molecule has 3 heteroatoms. The molecule has 0 atom stereocenters. The van der Waals surface area contributed by atoms with E-state index < -0.39 is 0 Å². The van der Waals surface area contributed by atoms with Crippen LogP contribution in [0, 0.1) is 0 Å². The van der Waals surface area contributed by atoms with E-state index in [0.717, 1.165) is 38.9 Å². The summed E-state index contributed by atoms with van der Waals surface area (Å²) < 4.78 is 5.31. The lowest BCUT2D eigenvalue weighted by molar-refractivity contribution is 0.0551. The van der Waals surface area contributed by atoms with Gasteiger partial charge >= 0.3 is 0 Å². The van der Waals surface area contributed by atoms with Crippen molar-refractivity contribution in [2.75, 3.05) is 19.8 Å². The first-order valence-corrected chi connectivity index (χ1v) is 5.72. The number of aliphatic hydroxyl groups is 1. The van der Waals surface area contributed by atoms with E-state index in [2.05, 4.69) is 19.2 Å². The molecule has 0 aliphatic carbocycles. The van der Waals surface area contributed by atoms with E-state index in [4.69, 9.17) is 4.74 Å². The highest BCUT2D eigenvalue weighted by Crippen LogP contribution is 2.18. The largest absolute Gasteiger partial charge is 0.394 e. The first-order valence-electron chi connectivity index (χ1n) is 5.72. The van der Waals surface area contributed by atoms with Gasteiger partial charge in [-0.1, -0.05) is 13.8 Å². The van der Waals surface area contributed by atoms with Gasteiger partial charge in [0, 0.05) is 24.8 Å². The van der Waals surface area contributed by atoms with Crippen molar-refractivity contribution in [3.8, 4) is 0 Å². The van der Waals surface area contributed by atoms with Gasteiger partial charge in [0.2, 0.25) is 0 Å². The van der Waals surface area contributed by atoms with Crippen LogP contribution in [0.15, 0.2) is 0 Å². The SMILES string of the molecule is CCC(CC)(CO)NC1CCOCC1. The molecular weight excluding hydrogens is 178 g/mol. The standard InChI is InChI=1S/C11H23NO2/c1-3-11(4-2,9-13)12-10-5-7-14-8-6-10/h10,12-13H,3-9H2,1-2H3. The summed E-state index contributed by atoms with van der Waals surface area (Å²) >= 11 is 0. The Bertz CT molecular complexity index is 143. The molecule has 1 fully saturated rings. The average Bonchev–Trinajstić information content (AvgIpc) is 2.28. The Morgan fingerprint density at radius 1 is 1.29 bits per heavy atom. The maximum atomic E-state index is 9.41. The van der Waals surface area contributed by atoms with Crippen molar-refractivity contribution in [1.82, 2.24) is 5.32 Å².